The Morgan fingerprint density at radius 1 is 0.962 bits per heavy atom. The van der Waals surface area contributed by atoms with E-state index in [9.17, 15) is 9.59 Å². The van der Waals surface area contributed by atoms with Crippen LogP contribution in [-0.4, -0.2) is 49.4 Å². The summed E-state index contributed by atoms with van der Waals surface area (Å²) in [4.78, 5) is 28.8. The zero-order chi connectivity index (χ0) is 18.5. The van der Waals surface area contributed by atoms with Gasteiger partial charge in [0.15, 0.2) is 0 Å². The van der Waals surface area contributed by atoms with E-state index in [4.69, 9.17) is 0 Å². The molecule has 5 nitrogen and oxygen atoms in total. The van der Waals surface area contributed by atoms with Crippen molar-refractivity contribution >= 4 is 17.5 Å². The van der Waals surface area contributed by atoms with Crippen LogP contribution in [0.25, 0.3) is 0 Å². The molecule has 1 aliphatic heterocycles. The number of benzene rings is 2. The summed E-state index contributed by atoms with van der Waals surface area (Å²) in [5.74, 6) is -0.227. The average Bonchev–Trinajstić information content (AvgIpc) is 2.66. The first-order valence-electron chi connectivity index (χ1n) is 8.98. The fraction of sp³-hybridized carbons (Fsp3) is 0.333. The third-order valence-corrected chi connectivity index (χ3v) is 4.78. The normalized spacial score (nSPS) is 14.2. The number of hydrogen-bond donors (Lipinski definition) is 1. The van der Waals surface area contributed by atoms with Crippen LogP contribution in [0.4, 0.5) is 5.69 Å². The molecular weight excluding hydrogens is 326 g/mol. The molecule has 2 amide bonds. The minimum atomic E-state index is -0.196. The molecule has 1 heterocycles. The van der Waals surface area contributed by atoms with Crippen molar-refractivity contribution in [3.63, 3.8) is 0 Å². The van der Waals surface area contributed by atoms with Crippen LogP contribution in [0.2, 0.25) is 0 Å². The van der Waals surface area contributed by atoms with E-state index in [0.717, 1.165) is 24.2 Å². The number of amides is 2. The number of nitrogens with one attached hydrogen (secondary N) is 1. The molecule has 1 N–H and O–H groups in total. The Labute approximate surface area is 154 Å². The van der Waals surface area contributed by atoms with Crippen molar-refractivity contribution in [1.82, 2.24) is 10.2 Å². The molecule has 0 radical (unpaired) electrons. The van der Waals surface area contributed by atoms with Crippen LogP contribution in [0.5, 0.6) is 0 Å². The van der Waals surface area contributed by atoms with Crippen molar-refractivity contribution in [3.05, 3.63) is 65.2 Å². The second kappa shape index (κ2) is 8.04. The lowest BCUT2D eigenvalue weighted by molar-refractivity contribution is -0.130. The standard InChI is InChI=1S/C21H25N3O2/c1-16-8-9-19(17(2)14-16)21(26)22-15-20(25)24-12-10-23(11-13-24)18-6-4-3-5-7-18/h3-9,14H,10-13,15H2,1-2H3,(H,22,26). The molecular formula is C21H25N3O2. The maximum Gasteiger partial charge on any atom is 0.251 e. The van der Waals surface area contributed by atoms with Gasteiger partial charge >= 0.3 is 0 Å². The van der Waals surface area contributed by atoms with E-state index in [1.165, 1.54) is 5.69 Å². The first kappa shape index (κ1) is 18.0. The molecule has 1 aliphatic rings. The van der Waals surface area contributed by atoms with Crippen LogP contribution in [0.3, 0.4) is 0 Å². The van der Waals surface area contributed by atoms with Gasteiger partial charge in [0, 0.05) is 37.4 Å². The van der Waals surface area contributed by atoms with E-state index in [1.54, 1.807) is 0 Å². The summed E-state index contributed by atoms with van der Waals surface area (Å²) in [7, 11) is 0. The first-order chi connectivity index (χ1) is 12.5. The number of aryl methyl sites for hydroxylation is 2. The smallest absolute Gasteiger partial charge is 0.251 e. The SMILES string of the molecule is Cc1ccc(C(=O)NCC(=O)N2CCN(c3ccccc3)CC2)c(C)c1. The van der Waals surface area contributed by atoms with Gasteiger partial charge in [-0.3, -0.25) is 9.59 Å². The highest BCUT2D eigenvalue weighted by atomic mass is 16.2. The zero-order valence-corrected chi connectivity index (χ0v) is 15.4. The molecule has 1 fully saturated rings. The van der Waals surface area contributed by atoms with Crippen LogP contribution in [0, 0.1) is 13.8 Å². The Hall–Kier alpha value is -2.82. The number of rotatable bonds is 4. The second-order valence-electron chi connectivity index (χ2n) is 6.70. The first-order valence-corrected chi connectivity index (χ1v) is 8.98. The molecule has 2 aromatic carbocycles. The minimum Gasteiger partial charge on any atom is -0.368 e. The van der Waals surface area contributed by atoms with Gasteiger partial charge in [-0.25, -0.2) is 0 Å². The summed E-state index contributed by atoms with van der Waals surface area (Å²) in [6.07, 6.45) is 0. The number of nitrogens with zero attached hydrogens (tertiary/aromatic N) is 2. The predicted octanol–water partition coefficient (Wildman–Crippen LogP) is 2.38. The van der Waals surface area contributed by atoms with Crippen molar-refractivity contribution < 1.29 is 9.59 Å². The van der Waals surface area contributed by atoms with E-state index in [2.05, 4.69) is 22.3 Å². The maximum absolute atomic E-state index is 12.4. The van der Waals surface area contributed by atoms with Crippen molar-refractivity contribution in [2.24, 2.45) is 0 Å². The fourth-order valence-electron chi connectivity index (χ4n) is 3.28. The molecule has 0 spiro atoms. The fourth-order valence-corrected chi connectivity index (χ4v) is 3.28. The summed E-state index contributed by atoms with van der Waals surface area (Å²) in [6.45, 7) is 6.90. The molecule has 0 unspecified atom stereocenters. The highest BCUT2D eigenvalue weighted by Crippen LogP contribution is 2.15. The van der Waals surface area contributed by atoms with E-state index in [-0.39, 0.29) is 18.4 Å². The lowest BCUT2D eigenvalue weighted by atomic mass is 10.1. The third-order valence-electron chi connectivity index (χ3n) is 4.78. The van der Waals surface area contributed by atoms with Crippen LogP contribution in [-0.2, 0) is 4.79 Å². The van der Waals surface area contributed by atoms with E-state index >= 15 is 0 Å². The summed E-state index contributed by atoms with van der Waals surface area (Å²) in [5, 5.41) is 2.76. The van der Waals surface area contributed by atoms with E-state index in [0.29, 0.717) is 18.7 Å². The van der Waals surface area contributed by atoms with Gasteiger partial charge in [-0.2, -0.15) is 0 Å². The average molecular weight is 351 g/mol. The zero-order valence-electron chi connectivity index (χ0n) is 15.4. The number of hydrogen-bond acceptors (Lipinski definition) is 3. The largest absolute Gasteiger partial charge is 0.368 e. The highest BCUT2D eigenvalue weighted by molar-refractivity contribution is 5.97. The molecule has 0 saturated carbocycles. The monoisotopic (exact) mass is 351 g/mol. The van der Waals surface area contributed by atoms with E-state index < -0.39 is 0 Å². The van der Waals surface area contributed by atoms with Gasteiger partial charge in [-0.05, 0) is 37.6 Å². The molecule has 5 heteroatoms. The molecule has 0 aliphatic carbocycles. The second-order valence-corrected chi connectivity index (χ2v) is 6.70. The predicted molar refractivity (Wildman–Crippen MR) is 103 cm³/mol. The number of carbonyl (C=O) groups excluding carboxylic acids is 2. The molecule has 1 saturated heterocycles. The highest BCUT2D eigenvalue weighted by Gasteiger charge is 2.21. The Balaban J connectivity index is 1.49. The minimum absolute atomic E-state index is 0.0316. The van der Waals surface area contributed by atoms with Crippen LogP contribution < -0.4 is 10.2 Å². The Morgan fingerprint density at radius 3 is 2.31 bits per heavy atom. The quantitative estimate of drug-likeness (QED) is 0.920. The third kappa shape index (κ3) is 4.23. The molecule has 136 valence electrons. The summed E-state index contributed by atoms with van der Waals surface area (Å²) in [5.41, 5.74) is 3.85. The van der Waals surface area contributed by atoms with Crippen molar-refractivity contribution in [3.8, 4) is 0 Å². The topological polar surface area (TPSA) is 52.7 Å². The number of piperazine rings is 1. The maximum atomic E-state index is 12.4. The van der Waals surface area contributed by atoms with Gasteiger partial charge in [-0.15, -0.1) is 0 Å². The molecule has 0 bridgehead atoms. The van der Waals surface area contributed by atoms with Crippen molar-refractivity contribution in [2.75, 3.05) is 37.6 Å². The molecule has 3 rings (SSSR count). The summed E-state index contributed by atoms with van der Waals surface area (Å²) < 4.78 is 0. The van der Waals surface area contributed by atoms with Gasteiger partial charge in [0.05, 0.1) is 6.54 Å². The van der Waals surface area contributed by atoms with E-state index in [1.807, 2.05) is 55.1 Å². The van der Waals surface area contributed by atoms with Crippen molar-refractivity contribution in [1.29, 1.82) is 0 Å². The van der Waals surface area contributed by atoms with Gasteiger partial charge in [0.2, 0.25) is 5.91 Å². The van der Waals surface area contributed by atoms with Crippen molar-refractivity contribution in [2.45, 2.75) is 13.8 Å². The number of carbonyl (C=O) groups is 2. The number of para-hydroxylation sites is 1. The van der Waals surface area contributed by atoms with Gasteiger partial charge in [0.1, 0.15) is 0 Å². The van der Waals surface area contributed by atoms with Crippen LogP contribution >= 0.6 is 0 Å². The Morgan fingerprint density at radius 2 is 1.65 bits per heavy atom. The summed E-state index contributed by atoms with van der Waals surface area (Å²) >= 11 is 0. The van der Waals surface area contributed by atoms with Gasteiger partial charge in [-0.1, -0.05) is 35.9 Å². The Kier molecular flexibility index (Phi) is 5.56. The molecule has 0 atom stereocenters. The van der Waals surface area contributed by atoms with Gasteiger partial charge < -0.3 is 15.1 Å². The van der Waals surface area contributed by atoms with Crippen LogP contribution in [0.15, 0.2) is 48.5 Å². The lowest BCUT2D eigenvalue weighted by Crippen LogP contribution is -2.51. The molecule has 0 aromatic heterocycles. The lowest BCUT2D eigenvalue weighted by Gasteiger charge is -2.36. The summed E-state index contributed by atoms with van der Waals surface area (Å²) in [6, 6.07) is 15.9. The molecule has 26 heavy (non-hydrogen) atoms. The Bertz CT molecular complexity index is 781. The van der Waals surface area contributed by atoms with Gasteiger partial charge in [0.25, 0.3) is 5.91 Å². The number of anilines is 1. The van der Waals surface area contributed by atoms with Crippen LogP contribution in [0.1, 0.15) is 21.5 Å². The molecule has 2 aromatic rings.